The van der Waals surface area contributed by atoms with Crippen LogP contribution in [-0.2, 0) is 0 Å². The first-order valence-corrected chi connectivity index (χ1v) is 5.70. The van der Waals surface area contributed by atoms with Gasteiger partial charge in [0.25, 0.3) is 0 Å². The van der Waals surface area contributed by atoms with Gasteiger partial charge in [-0.1, -0.05) is 17.8 Å². The zero-order valence-corrected chi connectivity index (χ0v) is 9.65. The van der Waals surface area contributed by atoms with E-state index in [1.165, 1.54) is 17.8 Å². The number of anilines is 1. The van der Waals surface area contributed by atoms with E-state index in [1.54, 1.807) is 24.5 Å². The number of carboxylic acids is 1. The van der Waals surface area contributed by atoms with Gasteiger partial charge in [0.2, 0.25) is 0 Å². The highest BCUT2D eigenvalue weighted by Crippen LogP contribution is 2.33. The number of para-hydroxylation sites is 1. The summed E-state index contributed by atoms with van der Waals surface area (Å²) in [5, 5.41) is 8.96. The molecule has 1 heterocycles. The molecule has 1 aromatic heterocycles. The van der Waals surface area contributed by atoms with Crippen molar-refractivity contribution < 1.29 is 9.90 Å². The highest BCUT2D eigenvalue weighted by atomic mass is 32.2. The van der Waals surface area contributed by atoms with E-state index < -0.39 is 5.97 Å². The van der Waals surface area contributed by atoms with Crippen LogP contribution >= 0.6 is 11.8 Å². The van der Waals surface area contributed by atoms with E-state index in [2.05, 4.69) is 4.98 Å². The van der Waals surface area contributed by atoms with Crippen LogP contribution in [0.2, 0.25) is 0 Å². The van der Waals surface area contributed by atoms with Gasteiger partial charge in [-0.25, -0.2) is 4.79 Å². The van der Waals surface area contributed by atoms with Crippen LogP contribution in [0.4, 0.5) is 5.69 Å². The lowest BCUT2D eigenvalue weighted by molar-refractivity contribution is 0.0698. The Morgan fingerprint density at radius 3 is 2.59 bits per heavy atom. The quantitative estimate of drug-likeness (QED) is 0.814. The Balaban J connectivity index is 2.34. The van der Waals surface area contributed by atoms with E-state index in [0.29, 0.717) is 5.69 Å². The van der Waals surface area contributed by atoms with Gasteiger partial charge in [-0.3, -0.25) is 4.98 Å². The summed E-state index contributed by atoms with van der Waals surface area (Å²) in [6, 6.07) is 8.67. The van der Waals surface area contributed by atoms with Crippen molar-refractivity contribution in [1.82, 2.24) is 4.98 Å². The molecule has 86 valence electrons. The lowest BCUT2D eigenvalue weighted by Gasteiger charge is -2.07. The van der Waals surface area contributed by atoms with Gasteiger partial charge in [-0.2, -0.15) is 0 Å². The van der Waals surface area contributed by atoms with E-state index >= 15 is 0 Å². The number of nitrogens with zero attached hydrogens (tertiary/aromatic N) is 1. The molecular weight excluding hydrogens is 236 g/mol. The SMILES string of the molecule is Nc1c(Sc2ccncc2)cccc1C(=O)O. The third-order valence-electron chi connectivity index (χ3n) is 2.17. The fraction of sp³-hybridized carbons (Fsp3) is 0. The van der Waals surface area contributed by atoms with Gasteiger partial charge in [-0.05, 0) is 24.3 Å². The second kappa shape index (κ2) is 4.88. The first kappa shape index (κ1) is 11.5. The van der Waals surface area contributed by atoms with E-state index in [9.17, 15) is 4.79 Å². The molecule has 0 saturated heterocycles. The van der Waals surface area contributed by atoms with Crippen molar-refractivity contribution in [3.63, 3.8) is 0 Å². The third-order valence-corrected chi connectivity index (χ3v) is 3.26. The van der Waals surface area contributed by atoms with Crippen molar-refractivity contribution in [2.24, 2.45) is 0 Å². The Labute approximate surface area is 102 Å². The Hall–Kier alpha value is -2.01. The zero-order valence-electron chi connectivity index (χ0n) is 8.83. The Morgan fingerprint density at radius 1 is 1.24 bits per heavy atom. The predicted molar refractivity (Wildman–Crippen MR) is 66.2 cm³/mol. The number of benzene rings is 1. The van der Waals surface area contributed by atoms with Crippen LogP contribution in [0.1, 0.15) is 10.4 Å². The molecule has 0 radical (unpaired) electrons. The summed E-state index contributed by atoms with van der Waals surface area (Å²) in [4.78, 5) is 16.5. The van der Waals surface area contributed by atoms with Crippen molar-refractivity contribution in [3.05, 3.63) is 48.3 Å². The normalized spacial score (nSPS) is 10.1. The number of rotatable bonds is 3. The standard InChI is InChI=1S/C12H10N2O2S/c13-11-9(12(15)16)2-1-3-10(11)17-8-4-6-14-7-5-8/h1-7H,13H2,(H,15,16). The Kier molecular flexibility index (Phi) is 3.30. The van der Waals surface area contributed by atoms with Crippen molar-refractivity contribution >= 4 is 23.4 Å². The van der Waals surface area contributed by atoms with Gasteiger partial charge in [0.05, 0.1) is 11.3 Å². The molecule has 1 aromatic carbocycles. The van der Waals surface area contributed by atoms with Crippen molar-refractivity contribution in [2.45, 2.75) is 9.79 Å². The van der Waals surface area contributed by atoms with E-state index in [4.69, 9.17) is 10.8 Å². The number of aromatic nitrogens is 1. The van der Waals surface area contributed by atoms with E-state index in [1.807, 2.05) is 12.1 Å². The average molecular weight is 246 g/mol. The molecule has 0 aliphatic rings. The second-order valence-corrected chi connectivity index (χ2v) is 4.42. The molecule has 3 N–H and O–H groups in total. The van der Waals surface area contributed by atoms with Gasteiger partial charge in [0.1, 0.15) is 0 Å². The maximum Gasteiger partial charge on any atom is 0.337 e. The van der Waals surface area contributed by atoms with Crippen LogP contribution in [-0.4, -0.2) is 16.1 Å². The summed E-state index contributed by atoms with van der Waals surface area (Å²) in [6.07, 6.45) is 3.36. The number of pyridine rings is 1. The van der Waals surface area contributed by atoms with Crippen molar-refractivity contribution in [1.29, 1.82) is 0 Å². The number of hydrogen-bond donors (Lipinski definition) is 2. The molecule has 0 atom stereocenters. The number of aromatic carboxylic acids is 1. The molecule has 4 nitrogen and oxygen atoms in total. The maximum absolute atomic E-state index is 10.9. The summed E-state index contributed by atoms with van der Waals surface area (Å²) < 4.78 is 0. The molecule has 0 amide bonds. The maximum atomic E-state index is 10.9. The molecule has 2 aromatic rings. The van der Waals surface area contributed by atoms with Gasteiger partial charge in [0.15, 0.2) is 0 Å². The fourth-order valence-electron chi connectivity index (χ4n) is 1.35. The number of hydrogen-bond acceptors (Lipinski definition) is 4. The van der Waals surface area contributed by atoms with Crippen molar-refractivity contribution in [2.75, 3.05) is 5.73 Å². The summed E-state index contributed by atoms with van der Waals surface area (Å²) >= 11 is 1.42. The van der Waals surface area contributed by atoms with Crippen LogP contribution in [0.5, 0.6) is 0 Å². The van der Waals surface area contributed by atoms with Gasteiger partial charge >= 0.3 is 5.97 Å². The number of carbonyl (C=O) groups is 1. The third kappa shape index (κ3) is 2.57. The smallest absolute Gasteiger partial charge is 0.337 e. The van der Waals surface area contributed by atoms with Crippen LogP contribution in [0, 0.1) is 0 Å². The minimum atomic E-state index is -1.01. The summed E-state index contributed by atoms with van der Waals surface area (Å²) in [5.74, 6) is -1.01. The molecule has 0 spiro atoms. The Morgan fingerprint density at radius 2 is 1.94 bits per heavy atom. The minimum absolute atomic E-state index is 0.129. The van der Waals surface area contributed by atoms with Gasteiger partial charge in [0, 0.05) is 22.2 Å². The summed E-state index contributed by atoms with van der Waals surface area (Å²) in [7, 11) is 0. The highest BCUT2D eigenvalue weighted by molar-refractivity contribution is 7.99. The number of nitrogen functional groups attached to an aromatic ring is 1. The lowest BCUT2D eigenvalue weighted by atomic mass is 10.2. The molecule has 5 heteroatoms. The Bertz CT molecular complexity index is 543. The number of nitrogens with two attached hydrogens (primary N) is 1. The second-order valence-electron chi connectivity index (χ2n) is 3.31. The molecule has 17 heavy (non-hydrogen) atoms. The topological polar surface area (TPSA) is 76.2 Å². The first-order chi connectivity index (χ1) is 8.18. The van der Waals surface area contributed by atoms with E-state index in [0.717, 1.165) is 9.79 Å². The monoisotopic (exact) mass is 246 g/mol. The van der Waals surface area contributed by atoms with Gasteiger partial charge < -0.3 is 10.8 Å². The number of carboxylic acid groups (broad SMARTS) is 1. The molecule has 0 aliphatic carbocycles. The predicted octanol–water partition coefficient (Wildman–Crippen LogP) is 2.51. The first-order valence-electron chi connectivity index (χ1n) is 4.88. The molecule has 2 rings (SSSR count). The van der Waals surface area contributed by atoms with Crippen LogP contribution < -0.4 is 5.73 Å². The van der Waals surface area contributed by atoms with Crippen LogP contribution in [0.3, 0.4) is 0 Å². The summed E-state index contributed by atoms with van der Waals surface area (Å²) in [6.45, 7) is 0. The molecule has 0 aliphatic heterocycles. The highest BCUT2D eigenvalue weighted by Gasteiger charge is 2.11. The lowest BCUT2D eigenvalue weighted by Crippen LogP contribution is -2.03. The molecule has 0 bridgehead atoms. The zero-order chi connectivity index (χ0) is 12.3. The average Bonchev–Trinajstić information content (AvgIpc) is 2.33. The van der Waals surface area contributed by atoms with Crippen LogP contribution in [0.25, 0.3) is 0 Å². The fourth-order valence-corrected chi connectivity index (χ4v) is 2.23. The molecular formula is C12H10N2O2S. The summed E-state index contributed by atoms with van der Waals surface area (Å²) in [5.41, 5.74) is 6.24. The van der Waals surface area contributed by atoms with Crippen LogP contribution in [0.15, 0.2) is 52.5 Å². The van der Waals surface area contributed by atoms with Crippen molar-refractivity contribution in [3.8, 4) is 0 Å². The molecule has 0 saturated carbocycles. The largest absolute Gasteiger partial charge is 0.478 e. The van der Waals surface area contributed by atoms with Gasteiger partial charge in [-0.15, -0.1) is 0 Å². The molecule has 0 unspecified atom stereocenters. The van der Waals surface area contributed by atoms with E-state index in [-0.39, 0.29) is 5.56 Å². The minimum Gasteiger partial charge on any atom is -0.478 e. The molecule has 0 fully saturated rings.